The van der Waals surface area contributed by atoms with Crippen molar-refractivity contribution in [2.45, 2.75) is 11.8 Å². The first kappa shape index (κ1) is 14.7. The van der Waals surface area contributed by atoms with Gasteiger partial charge in [-0.1, -0.05) is 23.7 Å². The Bertz CT molecular complexity index is 971. The second-order valence-corrected chi connectivity index (χ2v) is 6.60. The maximum Gasteiger partial charge on any atom is 0.264 e. The number of nitrogens with one attached hydrogen (secondary N) is 1. The van der Waals surface area contributed by atoms with Crippen LogP contribution in [0.3, 0.4) is 0 Å². The highest BCUT2D eigenvalue weighted by Crippen LogP contribution is 2.26. The minimum Gasteiger partial charge on any atom is -0.261 e. The normalized spacial score (nSPS) is 11.8. The van der Waals surface area contributed by atoms with Gasteiger partial charge in [-0.25, -0.2) is 22.3 Å². The third-order valence-electron chi connectivity index (χ3n) is 3.04. The summed E-state index contributed by atoms with van der Waals surface area (Å²) in [6, 6.07) is 7.20. The maximum atomic E-state index is 14.0. The van der Waals surface area contributed by atoms with E-state index in [0.717, 1.165) is 6.33 Å². The van der Waals surface area contributed by atoms with Gasteiger partial charge in [0.1, 0.15) is 16.7 Å². The van der Waals surface area contributed by atoms with Gasteiger partial charge in [-0.2, -0.15) is 5.10 Å². The SMILES string of the molecule is Cc1cc(F)c2c(NS(=O)(=O)c3ccccc3Cl)ncnn12. The van der Waals surface area contributed by atoms with Crippen LogP contribution >= 0.6 is 11.6 Å². The van der Waals surface area contributed by atoms with Crippen molar-refractivity contribution in [1.29, 1.82) is 0 Å². The van der Waals surface area contributed by atoms with Crippen LogP contribution < -0.4 is 4.72 Å². The van der Waals surface area contributed by atoms with Crippen molar-refractivity contribution in [3.8, 4) is 0 Å². The molecule has 9 heteroatoms. The highest BCUT2D eigenvalue weighted by Gasteiger charge is 2.21. The lowest BCUT2D eigenvalue weighted by Crippen LogP contribution is -2.16. The molecule has 3 aromatic rings. The molecule has 0 unspecified atom stereocenters. The average Bonchev–Trinajstić information content (AvgIpc) is 2.75. The van der Waals surface area contributed by atoms with Crippen LogP contribution in [0.5, 0.6) is 0 Å². The Labute approximate surface area is 130 Å². The number of hydrogen-bond donors (Lipinski definition) is 1. The molecule has 1 N–H and O–H groups in total. The summed E-state index contributed by atoms with van der Waals surface area (Å²) in [5, 5.41) is 3.95. The average molecular weight is 341 g/mol. The second-order valence-electron chi connectivity index (χ2n) is 4.54. The molecule has 0 amide bonds. The quantitative estimate of drug-likeness (QED) is 0.795. The first-order chi connectivity index (χ1) is 10.4. The van der Waals surface area contributed by atoms with E-state index < -0.39 is 15.8 Å². The predicted molar refractivity (Wildman–Crippen MR) is 79.9 cm³/mol. The van der Waals surface area contributed by atoms with E-state index in [9.17, 15) is 12.8 Å². The molecule has 0 radical (unpaired) electrons. The molecule has 0 saturated heterocycles. The fraction of sp³-hybridized carbons (Fsp3) is 0.0769. The van der Waals surface area contributed by atoms with E-state index in [1.54, 1.807) is 13.0 Å². The molecule has 0 aliphatic heterocycles. The summed E-state index contributed by atoms with van der Waals surface area (Å²) in [6.07, 6.45) is 1.14. The minimum atomic E-state index is -4.00. The van der Waals surface area contributed by atoms with Gasteiger partial charge in [0.25, 0.3) is 10.0 Å². The summed E-state index contributed by atoms with van der Waals surface area (Å²) >= 11 is 5.90. The van der Waals surface area contributed by atoms with Gasteiger partial charge in [0.15, 0.2) is 11.6 Å². The molecule has 2 heterocycles. The lowest BCUT2D eigenvalue weighted by atomic mass is 10.4. The molecule has 0 aliphatic rings. The number of fused-ring (bicyclic) bond motifs is 1. The summed E-state index contributed by atoms with van der Waals surface area (Å²) in [5.74, 6) is -0.768. The van der Waals surface area contributed by atoms with Crippen LogP contribution in [0.4, 0.5) is 10.2 Å². The van der Waals surface area contributed by atoms with Gasteiger partial charge in [0, 0.05) is 5.69 Å². The van der Waals surface area contributed by atoms with Gasteiger partial charge < -0.3 is 0 Å². The number of hydrogen-bond acceptors (Lipinski definition) is 4. The first-order valence-corrected chi connectivity index (χ1v) is 8.02. The van der Waals surface area contributed by atoms with Crippen molar-refractivity contribution >= 4 is 33.0 Å². The van der Waals surface area contributed by atoms with Gasteiger partial charge in [0.2, 0.25) is 0 Å². The van der Waals surface area contributed by atoms with Crippen LogP contribution in [-0.4, -0.2) is 23.0 Å². The van der Waals surface area contributed by atoms with Crippen LogP contribution in [-0.2, 0) is 10.0 Å². The fourth-order valence-electron chi connectivity index (χ4n) is 2.07. The number of halogens is 2. The summed E-state index contributed by atoms with van der Waals surface area (Å²) in [4.78, 5) is 3.70. The van der Waals surface area contributed by atoms with Crippen molar-refractivity contribution in [2.24, 2.45) is 0 Å². The lowest BCUT2D eigenvalue weighted by Gasteiger charge is -2.09. The number of aryl methyl sites for hydroxylation is 1. The molecule has 0 saturated carbocycles. The van der Waals surface area contributed by atoms with Crippen molar-refractivity contribution < 1.29 is 12.8 Å². The Kier molecular flexibility index (Phi) is 3.50. The van der Waals surface area contributed by atoms with Crippen molar-refractivity contribution in [2.75, 3.05) is 4.72 Å². The van der Waals surface area contributed by atoms with E-state index in [2.05, 4.69) is 14.8 Å². The third kappa shape index (κ3) is 2.40. The molecule has 6 nitrogen and oxygen atoms in total. The highest BCUT2D eigenvalue weighted by molar-refractivity contribution is 7.92. The van der Waals surface area contributed by atoms with Gasteiger partial charge >= 0.3 is 0 Å². The largest absolute Gasteiger partial charge is 0.264 e. The van der Waals surface area contributed by atoms with Gasteiger partial charge in [-0.05, 0) is 25.1 Å². The number of aromatic nitrogens is 3. The maximum absolute atomic E-state index is 14.0. The van der Waals surface area contributed by atoms with Crippen LogP contribution in [0.1, 0.15) is 5.69 Å². The molecule has 0 spiro atoms. The van der Waals surface area contributed by atoms with Crippen LogP contribution in [0.2, 0.25) is 5.02 Å². The van der Waals surface area contributed by atoms with E-state index in [1.807, 2.05) is 0 Å². The number of nitrogens with zero attached hydrogens (tertiary/aromatic N) is 3. The van der Waals surface area contributed by atoms with Crippen molar-refractivity contribution in [3.63, 3.8) is 0 Å². The summed E-state index contributed by atoms with van der Waals surface area (Å²) < 4.78 is 42.3. The summed E-state index contributed by atoms with van der Waals surface area (Å²) in [6.45, 7) is 1.65. The van der Waals surface area contributed by atoms with Gasteiger partial charge in [-0.15, -0.1) is 0 Å². The molecule has 0 aliphatic carbocycles. The van der Waals surface area contributed by atoms with Crippen molar-refractivity contribution in [1.82, 2.24) is 14.6 Å². The Balaban J connectivity index is 2.13. The molecule has 3 rings (SSSR count). The predicted octanol–water partition coefficient (Wildman–Crippen LogP) is 2.63. The van der Waals surface area contributed by atoms with E-state index >= 15 is 0 Å². The fourth-order valence-corrected chi connectivity index (χ4v) is 3.61. The molecule has 0 atom stereocenters. The molecular formula is C13H10ClFN4O2S. The summed E-state index contributed by atoms with van der Waals surface area (Å²) in [5.41, 5.74) is 0.476. The number of rotatable bonds is 3. The van der Waals surface area contributed by atoms with Crippen LogP contribution in [0.25, 0.3) is 5.52 Å². The molecule has 2 aromatic heterocycles. The first-order valence-electron chi connectivity index (χ1n) is 6.16. The molecule has 0 fully saturated rings. The third-order valence-corrected chi connectivity index (χ3v) is 4.88. The van der Waals surface area contributed by atoms with Crippen LogP contribution in [0, 0.1) is 12.7 Å². The smallest absolute Gasteiger partial charge is 0.261 e. The molecule has 0 bridgehead atoms. The van der Waals surface area contributed by atoms with E-state index in [4.69, 9.17) is 11.6 Å². The van der Waals surface area contributed by atoms with Gasteiger partial charge in [-0.3, -0.25) is 4.72 Å². The highest BCUT2D eigenvalue weighted by atomic mass is 35.5. The number of anilines is 1. The molecule has 22 heavy (non-hydrogen) atoms. The second kappa shape index (κ2) is 5.22. The monoisotopic (exact) mass is 340 g/mol. The zero-order chi connectivity index (χ0) is 15.9. The molecule has 1 aromatic carbocycles. The van der Waals surface area contributed by atoms with Crippen LogP contribution in [0.15, 0.2) is 41.6 Å². The van der Waals surface area contributed by atoms with E-state index in [0.29, 0.717) is 5.69 Å². The Hall–Kier alpha value is -2.19. The molecular weight excluding hydrogens is 331 g/mol. The molecule has 114 valence electrons. The van der Waals surface area contributed by atoms with Gasteiger partial charge in [0.05, 0.1) is 5.02 Å². The Morgan fingerprint density at radius 3 is 2.77 bits per heavy atom. The standard InChI is InChI=1S/C13H10ClFN4O2S/c1-8-6-10(15)12-13(16-7-17-19(8)12)18-22(20,21)11-5-3-2-4-9(11)14/h2-7H,1H3,(H,16,17,18). The Morgan fingerprint density at radius 2 is 2.05 bits per heavy atom. The van der Waals surface area contributed by atoms with E-state index in [1.165, 1.54) is 28.8 Å². The number of sulfonamides is 1. The lowest BCUT2D eigenvalue weighted by molar-refractivity contribution is 0.601. The van der Waals surface area contributed by atoms with Crippen molar-refractivity contribution in [3.05, 3.63) is 53.2 Å². The topological polar surface area (TPSA) is 76.4 Å². The number of benzene rings is 1. The zero-order valence-electron chi connectivity index (χ0n) is 11.3. The summed E-state index contributed by atoms with van der Waals surface area (Å²) in [7, 11) is -4.00. The minimum absolute atomic E-state index is 0.0457. The van der Waals surface area contributed by atoms with E-state index in [-0.39, 0.29) is 21.3 Å². The Morgan fingerprint density at radius 1 is 1.32 bits per heavy atom. The zero-order valence-corrected chi connectivity index (χ0v) is 12.9.